The van der Waals surface area contributed by atoms with Crippen molar-refractivity contribution in [3.63, 3.8) is 0 Å². The number of Topliss-reactive ketones (excluding diaryl/α,β-unsaturated/α-hetero) is 1. The van der Waals surface area contributed by atoms with Crippen molar-refractivity contribution in [1.82, 2.24) is 0 Å². The second-order valence-corrected chi connectivity index (χ2v) is 9.65. The van der Waals surface area contributed by atoms with E-state index in [1.165, 1.54) is 25.7 Å². The molecule has 0 aromatic heterocycles. The third-order valence-electron chi connectivity index (χ3n) is 8.79. The minimum absolute atomic E-state index is 0.0526. The molecule has 0 heterocycles. The van der Waals surface area contributed by atoms with Crippen LogP contribution in [0.5, 0.6) is 0 Å². The molecule has 4 rings (SSSR count). The molecule has 6 atom stereocenters. The van der Waals surface area contributed by atoms with Crippen molar-refractivity contribution in [2.24, 2.45) is 34.5 Å². The molecule has 3 saturated carbocycles. The van der Waals surface area contributed by atoms with Crippen LogP contribution in [0.15, 0.2) is 23.3 Å². The number of allylic oxidation sites excluding steroid dienone is 3. The Hall–Kier alpha value is -1.18. The molecule has 0 N–H and O–H groups in total. The molecule has 2 nitrogen and oxygen atoms in total. The van der Waals surface area contributed by atoms with Crippen molar-refractivity contribution < 1.29 is 9.59 Å². The summed E-state index contributed by atoms with van der Waals surface area (Å²) >= 11 is 0. The monoisotopic (exact) mass is 340 g/mol. The highest BCUT2D eigenvalue weighted by atomic mass is 16.1. The van der Waals surface area contributed by atoms with E-state index in [0.29, 0.717) is 41.9 Å². The third kappa shape index (κ3) is 2.28. The fourth-order valence-corrected chi connectivity index (χ4v) is 7.34. The molecule has 0 spiro atoms. The Bertz CT molecular complexity index is 684. The number of rotatable bonds is 1. The molecule has 136 valence electrons. The highest BCUT2D eigenvalue weighted by Crippen LogP contribution is 2.66. The topological polar surface area (TPSA) is 34.1 Å². The predicted molar refractivity (Wildman–Crippen MR) is 100 cm³/mol. The van der Waals surface area contributed by atoms with Crippen LogP contribution in [0.4, 0.5) is 0 Å². The number of ketones is 2. The summed E-state index contributed by atoms with van der Waals surface area (Å²) < 4.78 is 0. The summed E-state index contributed by atoms with van der Waals surface area (Å²) in [5.41, 5.74) is 2.72. The molecule has 0 amide bonds. The summed E-state index contributed by atoms with van der Waals surface area (Å²) in [5.74, 6) is 2.91. The van der Waals surface area contributed by atoms with Gasteiger partial charge in [0, 0.05) is 18.4 Å². The van der Waals surface area contributed by atoms with Gasteiger partial charge in [0.15, 0.2) is 11.6 Å². The van der Waals surface area contributed by atoms with Crippen LogP contribution in [0.3, 0.4) is 0 Å². The van der Waals surface area contributed by atoms with Gasteiger partial charge in [0.1, 0.15) is 0 Å². The normalized spacial score (nSPS) is 47.0. The molecular weight excluding hydrogens is 308 g/mol. The molecule has 4 aliphatic rings. The van der Waals surface area contributed by atoms with Gasteiger partial charge >= 0.3 is 0 Å². The zero-order valence-corrected chi connectivity index (χ0v) is 16.2. The minimum atomic E-state index is -0.0526. The summed E-state index contributed by atoms with van der Waals surface area (Å²) in [7, 11) is 0. The van der Waals surface area contributed by atoms with E-state index < -0.39 is 0 Å². The first-order chi connectivity index (χ1) is 11.8. The van der Waals surface area contributed by atoms with E-state index in [0.717, 1.165) is 12.0 Å². The first kappa shape index (κ1) is 17.2. The van der Waals surface area contributed by atoms with E-state index in [2.05, 4.69) is 33.8 Å². The molecule has 6 unspecified atom stereocenters. The average Bonchev–Trinajstić information content (AvgIpc) is 2.93. The smallest absolute Gasteiger partial charge is 0.159 e. The molecule has 0 aliphatic heterocycles. The van der Waals surface area contributed by atoms with Crippen LogP contribution in [0.1, 0.15) is 72.6 Å². The fourth-order valence-electron chi connectivity index (χ4n) is 7.34. The molecule has 0 bridgehead atoms. The molecule has 0 aromatic carbocycles. The van der Waals surface area contributed by atoms with Gasteiger partial charge in [-0.25, -0.2) is 0 Å². The number of hydrogen-bond donors (Lipinski definition) is 0. The maximum Gasteiger partial charge on any atom is 0.159 e. The predicted octanol–water partition coefficient (Wildman–Crippen LogP) is 5.28. The summed E-state index contributed by atoms with van der Waals surface area (Å²) in [5, 5.41) is 0. The quantitative estimate of drug-likeness (QED) is 0.609. The van der Waals surface area contributed by atoms with E-state index in [4.69, 9.17) is 0 Å². The van der Waals surface area contributed by atoms with Crippen LogP contribution in [-0.4, -0.2) is 11.6 Å². The van der Waals surface area contributed by atoms with Crippen LogP contribution in [-0.2, 0) is 9.59 Å². The lowest BCUT2D eigenvalue weighted by Gasteiger charge is -2.57. The first-order valence-electron chi connectivity index (χ1n) is 10.2. The van der Waals surface area contributed by atoms with E-state index in [-0.39, 0.29) is 17.0 Å². The van der Waals surface area contributed by atoms with Crippen molar-refractivity contribution in [1.29, 1.82) is 0 Å². The van der Waals surface area contributed by atoms with Gasteiger partial charge < -0.3 is 0 Å². The lowest BCUT2D eigenvalue weighted by Crippen LogP contribution is -2.52. The van der Waals surface area contributed by atoms with Gasteiger partial charge in [0.05, 0.1) is 0 Å². The number of carbonyl (C=O) groups is 2. The van der Waals surface area contributed by atoms with Crippen LogP contribution >= 0.6 is 0 Å². The van der Waals surface area contributed by atoms with Crippen molar-refractivity contribution in [2.45, 2.75) is 72.6 Å². The SMILES string of the molecule is CC=C(C)C1CCC2C3CC(=O)C4=CC(=O)CCC4(C)C3CCC12C. The number of fused-ring (bicyclic) bond motifs is 5. The van der Waals surface area contributed by atoms with Gasteiger partial charge in [-0.2, -0.15) is 0 Å². The van der Waals surface area contributed by atoms with Crippen LogP contribution in [0, 0.1) is 34.5 Å². The Labute approximate surface area is 152 Å². The van der Waals surface area contributed by atoms with Gasteiger partial charge in [-0.05, 0) is 86.5 Å². The van der Waals surface area contributed by atoms with Crippen molar-refractivity contribution in [3.05, 3.63) is 23.3 Å². The first-order valence-corrected chi connectivity index (χ1v) is 10.2. The number of hydrogen-bond acceptors (Lipinski definition) is 2. The Morgan fingerprint density at radius 2 is 1.88 bits per heavy atom. The summed E-state index contributed by atoms with van der Waals surface area (Å²) in [6.07, 6.45) is 11.2. The molecular formula is C23H32O2. The fraction of sp³-hybridized carbons (Fsp3) is 0.739. The Morgan fingerprint density at radius 1 is 1.12 bits per heavy atom. The molecule has 4 aliphatic carbocycles. The van der Waals surface area contributed by atoms with Gasteiger partial charge in [-0.1, -0.05) is 25.5 Å². The van der Waals surface area contributed by atoms with Gasteiger partial charge in [0.2, 0.25) is 0 Å². The largest absolute Gasteiger partial charge is 0.295 e. The van der Waals surface area contributed by atoms with E-state index in [1.54, 1.807) is 11.6 Å². The number of carbonyl (C=O) groups excluding carboxylic acids is 2. The molecule has 2 heteroatoms. The Morgan fingerprint density at radius 3 is 2.60 bits per heavy atom. The molecule has 0 aromatic rings. The lowest BCUT2D eigenvalue weighted by molar-refractivity contribution is -0.131. The summed E-state index contributed by atoms with van der Waals surface area (Å²) in [4.78, 5) is 24.9. The van der Waals surface area contributed by atoms with Crippen molar-refractivity contribution >= 4 is 11.6 Å². The standard InChI is InChI=1S/C23H32O2/c1-5-14(2)17-6-7-18-16-13-21(25)20-12-15(24)8-10-23(20,4)19(16)9-11-22(17,18)3/h5,12,16-19H,6-11,13H2,1-4H3. The highest BCUT2D eigenvalue weighted by Gasteiger charge is 2.60. The van der Waals surface area contributed by atoms with Crippen LogP contribution < -0.4 is 0 Å². The van der Waals surface area contributed by atoms with E-state index in [9.17, 15) is 9.59 Å². The van der Waals surface area contributed by atoms with Crippen LogP contribution in [0.25, 0.3) is 0 Å². The second-order valence-electron chi connectivity index (χ2n) is 9.65. The lowest BCUT2D eigenvalue weighted by atomic mass is 9.46. The highest BCUT2D eigenvalue weighted by molar-refractivity contribution is 6.05. The second kappa shape index (κ2) is 5.66. The average molecular weight is 341 g/mol. The maximum absolute atomic E-state index is 13.0. The molecule has 0 saturated heterocycles. The molecule has 3 fully saturated rings. The van der Waals surface area contributed by atoms with Gasteiger partial charge in [-0.3, -0.25) is 9.59 Å². The van der Waals surface area contributed by atoms with E-state index >= 15 is 0 Å². The minimum Gasteiger partial charge on any atom is -0.295 e. The Balaban J connectivity index is 1.71. The zero-order valence-electron chi connectivity index (χ0n) is 16.2. The zero-order chi connectivity index (χ0) is 18.0. The maximum atomic E-state index is 13.0. The van der Waals surface area contributed by atoms with Crippen molar-refractivity contribution in [2.75, 3.05) is 0 Å². The van der Waals surface area contributed by atoms with Gasteiger partial charge in [0.25, 0.3) is 0 Å². The van der Waals surface area contributed by atoms with Gasteiger partial charge in [-0.15, -0.1) is 0 Å². The summed E-state index contributed by atoms with van der Waals surface area (Å²) in [6, 6.07) is 0. The third-order valence-corrected chi connectivity index (χ3v) is 8.79. The molecule has 25 heavy (non-hydrogen) atoms. The molecule has 0 radical (unpaired) electrons. The summed E-state index contributed by atoms with van der Waals surface area (Å²) in [6.45, 7) is 9.25. The van der Waals surface area contributed by atoms with Crippen LogP contribution in [0.2, 0.25) is 0 Å². The Kier molecular flexibility index (Phi) is 3.90. The van der Waals surface area contributed by atoms with Crippen molar-refractivity contribution in [3.8, 4) is 0 Å². The van der Waals surface area contributed by atoms with E-state index in [1.807, 2.05) is 0 Å².